The number of carbonyl (C=O) groups is 1. The summed E-state index contributed by atoms with van der Waals surface area (Å²) >= 11 is 1.93. The number of thioether (sulfide) groups is 1. The predicted molar refractivity (Wildman–Crippen MR) is 71.4 cm³/mol. The van der Waals surface area contributed by atoms with Gasteiger partial charge in [-0.25, -0.2) is 4.98 Å². The Bertz CT molecular complexity index is 446. The normalized spacial score (nSPS) is 18.9. The third-order valence-corrected chi connectivity index (χ3v) is 4.29. The van der Waals surface area contributed by atoms with Crippen LogP contribution in [-0.2, 0) is 0 Å². The number of carbonyl (C=O) groups excluding carboxylic acids is 1. The van der Waals surface area contributed by atoms with E-state index in [2.05, 4.69) is 10.3 Å². The maximum Gasteiger partial charge on any atom is 0.269 e. The van der Waals surface area contributed by atoms with Crippen molar-refractivity contribution >= 4 is 17.7 Å². The molecule has 1 aromatic heterocycles. The van der Waals surface area contributed by atoms with E-state index in [9.17, 15) is 4.79 Å². The Morgan fingerprint density at radius 3 is 3.06 bits per heavy atom. The molecule has 4 nitrogen and oxygen atoms in total. The monoisotopic (exact) mass is 261 g/mol. The van der Waals surface area contributed by atoms with Crippen LogP contribution in [0.1, 0.15) is 35.3 Å². The first kappa shape index (κ1) is 12.9. The smallest absolute Gasteiger partial charge is 0.269 e. The fraction of sp³-hybridized carbons (Fsp3) is 0.462. The average Bonchev–Trinajstić information content (AvgIpc) is 2.46. The van der Waals surface area contributed by atoms with Gasteiger partial charge in [0.1, 0.15) is 11.8 Å². The largest absolute Gasteiger partial charge is 0.350 e. The first-order valence-corrected chi connectivity index (χ1v) is 7.10. The molecule has 1 aromatic rings. The van der Waals surface area contributed by atoms with Gasteiger partial charge in [0.15, 0.2) is 0 Å². The summed E-state index contributed by atoms with van der Waals surface area (Å²) in [7, 11) is 0. The van der Waals surface area contributed by atoms with E-state index >= 15 is 0 Å². The van der Waals surface area contributed by atoms with Gasteiger partial charge in [0.25, 0.3) is 5.91 Å². The summed E-state index contributed by atoms with van der Waals surface area (Å²) in [4.78, 5) is 15.8. The molecule has 0 spiro atoms. The highest BCUT2D eigenvalue weighted by Crippen LogP contribution is 2.24. The Hall–Kier alpha value is -1.54. The molecule has 1 N–H and O–H groups in total. The van der Waals surface area contributed by atoms with Crippen LogP contribution in [0.2, 0.25) is 0 Å². The third-order valence-electron chi connectivity index (χ3n) is 2.89. The zero-order valence-corrected chi connectivity index (χ0v) is 10.9. The summed E-state index contributed by atoms with van der Waals surface area (Å²) in [6.07, 6.45) is 5.13. The van der Waals surface area contributed by atoms with Crippen molar-refractivity contribution in [2.45, 2.75) is 24.5 Å². The zero-order chi connectivity index (χ0) is 12.8. The lowest BCUT2D eigenvalue weighted by Crippen LogP contribution is -2.32. The van der Waals surface area contributed by atoms with Crippen LogP contribution in [0, 0.1) is 11.3 Å². The minimum Gasteiger partial charge on any atom is -0.350 e. The Balaban J connectivity index is 1.85. The minimum absolute atomic E-state index is 0.161. The van der Waals surface area contributed by atoms with Gasteiger partial charge in [-0.1, -0.05) is 6.42 Å². The molecule has 0 radical (unpaired) electrons. The Kier molecular flexibility index (Phi) is 4.59. The van der Waals surface area contributed by atoms with Gasteiger partial charge in [-0.3, -0.25) is 4.79 Å². The van der Waals surface area contributed by atoms with E-state index in [1.54, 1.807) is 12.1 Å². The lowest BCUT2D eigenvalue weighted by Gasteiger charge is -2.21. The van der Waals surface area contributed by atoms with E-state index in [0.717, 1.165) is 0 Å². The predicted octanol–water partition coefficient (Wildman–Crippen LogP) is 1.97. The lowest BCUT2D eigenvalue weighted by molar-refractivity contribution is 0.0948. The molecule has 0 bridgehead atoms. The number of hydrogen-bond acceptors (Lipinski definition) is 4. The zero-order valence-electron chi connectivity index (χ0n) is 10.1. The van der Waals surface area contributed by atoms with Crippen molar-refractivity contribution < 1.29 is 4.79 Å². The highest BCUT2D eigenvalue weighted by atomic mass is 32.2. The minimum atomic E-state index is -0.161. The number of aromatic nitrogens is 1. The van der Waals surface area contributed by atoms with E-state index in [4.69, 9.17) is 5.26 Å². The van der Waals surface area contributed by atoms with E-state index in [0.29, 0.717) is 23.1 Å². The van der Waals surface area contributed by atoms with Gasteiger partial charge in [0.2, 0.25) is 0 Å². The van der Waals surface area contributed by atoms with Crippen molar-refractivity contribution in [2.75, 3.05) is 12.3 Å². The molecule has 1 fully saturated rings. The molecule has 1 aliphatic heterocycles. The van der Waals surface area contributed by atoms with Gasteiger partial charge in [-0.05, 0) is 30.7 Å². The lowest BCUT2D eigenvalue weighted by atomic mass is 10.2. The highest BCUT2D eigenvalue weighted by Gasteiger charge is 2.15. The molecule has 1 atom stereocenters. The maximum absolute atomic E-state index is 11.8. The van der Waals surface area contributed by atoms with Crippen LogP contribution >= 0.6 is 11.8 Å². The Morgan fingerprint density at radius 2 is 2.44 bits per heavy atom. The van der Waals surface area contributed by atoms with Crippen LogP contribution in [0.3, 0.4) is 0 Å². The van der Waals surface area contributed by atoms with Crippen molar-refractivity contribution in [3.05, 3.63) is 29.6 Å². The molecule has 0 aliphatic carbocycles. The maximum atomic E-state index is 11.8. The van der Waals surface area contributed by atoms with Gasteiger partial charge in [0.05, 0.1) is 5.56 Å². The summed E-state index contributed by atoms with van der Waals surface area (Å²) in [5, 5.41) is 12.1. The van der Waals surface area contributed by atoms with E-state index < -0.39 is 0 Å². The first-order valence-electron chi connectivity index (χ1n) is 6.05. The number of nitrogens with zero attached hydrogens (tertiary/aromatic N) is 2. The SMILES string of the molecule is N#Cc1ccc(C(=O)NCC2CCCCS2)nc1. The second-order valence-electron chi connectivity index (χ2n) is 4.24. The van der Waals surface area contributed by atoms with Crippen LogP contribution in [0.15, 0.2) is 18.3 Å². The van der Waals surface area contributed by atoms with Crippen molar-refractivity contribution in [1.29, 1.82) is 5.26 Å². The molecule has 2 heterocycles. The molecular weight excluding hydrogens is 246 g/mol. The molecule has 94 valence electrons. The van der Waals surface area contributed by atoms with Crippen molar-refractivity contribution in [1.82, 2.24) is 10.3 Å². The summed E-state index contributed by atoms with van der Waals surface area (Å²) in [5.41, 5.74) is 0.837. The second kappa shape index (κ2) is 6.41. The van der Waals surface area contributed by atoms with Gasteiger partial charge < -0.3 is 5.32 Å². The van der Waals surface area contributed by atoms with Crippen molar-refractivity contribution in [3.63, 3.8) is 0 Å². The molecule has 1 amide bonds. The molecule has 0 aromatic carbocycles. The molecule has 1 aliphatic rings. The molecular formula is C13H15N3OS. The van der Waals surface area contributed by atoms with Crippen LogP contribution in [0.25, 0.3) is 0 Å². The molecule has 18 heavy (non-hydrogen) atoms. The van der Waals surface area contributed by atoms with Gasteiger partial charge in [0, 0.05) is 18.0 Å². The highest BCUT2D eigenvalue weighted by molar-refractivity contribution is 7.99. The standard InChI is InChI=1S/C13H15N3OS/c14-7-10-4-5-12(15-8-10)13(17)16-9-11-3-1-2-6-18-11/h4-5,8,11H,1-3,6,9H2,(H,16,17). The Morgan fingerprint density at radius 1 is 1.56 bits per heavy atom. The van der Waals surface area contributed by atoms with E-state index in [1.807, 2.05) is 17.8 Å². The number of rotatable bonds is 3. The number of nitrogens with one attached hydrogen (secondary N) is 1. The van der Waals surface area contributed by atoms with Crippen LogP contribution < -0.4 is 5.32 Å². The van der Waals surface area contributed by atoms with Crippen molar-refractivity contribution in [3.8, 4) is 6.07 Å². The molecule has 0 saturated carbocycles. The third kappa shape index (κ3) is 3.47. The number of amides is 1. The Labute approximate surface area is 111 Å². The summed E-state index contributed by atoms with van der Waals surface area (Å²) in [6, 6.07) is 5.17. The summed E-state index contributed by atoms with van der Waals surface area (Å²) < 4.78 is 0. The number of nitriles is 1. The molecule has 5 heteroatoms. The van der Waals surface area contributed by atoms with Gasteiger partial charge in [-0.2, -0.15) is 17.0 Å². The second-order valence-corrected chi connectivity index (χ2v) is 5.65. The number of hydrogen-bond donors (Lipinski definition) is 1. The van der Waals surface area contributed by atoms with E-state index in [1.165, 1.54) is 31.2 Å². The number of pyridine rings is 1. The van der Waals surface area contributed by atoms with Crippen LogP contribution in [-0.4, -0.2) is 28.4 Å². The fourth-order valence-corrected chi connectivity index (χ4v) is 3.10. The summed E-state index contributed by atoms with van der Waals surface area (Å²) in [5.74, 6) is 1.03. The molecule has 2 rings (SSSR count). The quantitative estimate of drug-likeness (QED) is 0.903. The van der Waals surface area contributed by atoms with Crippen LogP contribution in [0.5, 0.6) is 0 Å². The summed E-state index contributed by atoms with van der Waals surface area (Å²) in [6.45, 7) is 0.700. The topological polar surface area (TPSA) is 65.8 Å². The van der Waals surface area contributed by atoms with Gasteiger partial charge >= 0.3 is 0 Å². The van der Waals surface area contributed by atoms with Crippen LogP contribution in [0.4, 0.5) is 0 Å². The fourth-order valence-electron chi connectivity index (χ4n) is 1.86. The van der Waals surface area contributed by atoms with Gasteiger partial charge in [-0.15, -0.1) is 0 Å². The first-order chi connectivity index (χ1) is 8.79. The molecule has 1 saturated heterocycles. The molecule has 1 unspecified atom stereocenters. The van der Waals surface area contributed by atoms with Crippen molar-refractivity contribution in [2.24, 2.45) is 0 Å². The van der Waals surface area contributed by atoms with E-state index in [-0.39, 0.29) is 5.91 Å². The average molecular weight is 261 g/mol.